The molecule has 154 valence electrons. The third-order valence-electron chi connectivity index (χ3n) is 7.29. The average Bonchev–Trinajstić information content (AvgIpc) is 2.71. The zero-order valence-corrected chi connectivity index (χ0v) is 17.6. The summed E-state index contributed by atoms with van der Waals surface area (Å²) in [7, 11) is 4.28. The number of amides is 1. The number of piperidine rings is 3. The first kappa shape index (κ1) is 19.0. The molecule has 1 aromatic carbocycles. The van der Waals surface area contributed by atoms with E-state index in [9.17, 15) is 4.79 Å². The fourth-order valence-corrected chi connectivity index (χ4v) is 6.18. The van der Waals surface area contributed by atoms with E-state index in [0.29, 0.717) is 29.8 Å². The Morgan fingerprint density at radius 2 is 2.03 bits per heavy atom. The van der Waals surface area contributed by atoms with Gasteiger partial charge < -0.3 is 9.80 Å². The van der Waals surface area contributed by atoms with Crippen molar-refractivity contribution in [3.63, 3.8) is 0 Å². The van der Waals surface area contributed by atoms with Crippen LogP contribution in [0.25, 0.3) is 10.8 Å². The number of nitrogens with zero attached hydrogens (tertiary/aromatic N) is 4. The molecular weight excluding hydrogens is 360 g/mol. The summed E-state index contributed by atoms with van der Waals surface area (Å²) < 4.78 is 0. The molecule has 5 rings (SSSR count). The lowest BCUT2D eigenvalue weighted by molar-refractivity contribution is -0.153. The molecule has 1 aromatic heterocycles. The van der Waals surface area contributed by atoms with Crippen molar-refractivity contribution in [3.8, 4) is 0 Å². The van der Waals surface area contributed by atoms with Gasteiger partial charge in [0.05, 0.1) is 0 Å². The van der Waals surface area contributed by atoms with Crippen LogP contribution in [0.5, 0.6) is 0 Å². The molecule has 3 fully saturated rings. The number of benzene rings is 1. The van der Waals surface area contributed by atoms with E-state index < -0.39 is 0 Å². The van der Waals surface area contributed by atoms with Crippen molar-refractivity contribution >= 4 is 16.7 Å². The van der Waals surface area contributed by atoms with Crippen LogP contribution in [-0.2, 0) is 11.3 Å². The molecule has 4 heterocycles. The highest BCUT2D eigenvalue weighted by Gasteiger charge is 2.49. The molecule has 29 heavy (non-hydrogen) atoms. The van der Waals surface area contributed by atoms with E-state index >= 15 is 0 Å². The fraction of sp³-hybridized carbons (Fsp3) is 0.583. The molecule has 0 unspecified atom stereocenters. The molecule has 0 radical (unpaired) electrons. The number of carbonyl (C=O) groups excluding carboxylic acids is 1. The van der Waals surface area contributed by atoms with Crippen molar-refractivity contribution in [1.82, 2.24) is 19.7 Å². The summed E-state index contributed by atoms with van der Waals surface area (Å²) in [5, 5.41) is 2.54. The maximum absolute atomic E-state index is 12.9. The van der Waals surface area contributed by atoms with Crippen LogP contribution in [0.2, 0.25) is 0 Å². The van der Waals surface area contributed by atoms with Gasteiger partial charge in [0.15, 0.2) is 0 Å². The van der Waals surface area contributed by atoms with Crippen molar-refractivity contribution in [2.24, 2.45) is 11.8 Å². The Hall–Kier alpha value is -1.98. The van der Waals surface area contributed by atoms with Gasteiger partial charge in [-0.25, -0.2) is 0 Å². The molecule has 3 aliphatic rings. The largest absolute Gasteiger partial charge is 0.335 e. The van der Waals surface area contributed by atoms with Gasteiger partial charge in [-0.3, -0.25) is 14.7 Å². The van der Waals surface area contributed by atoms with Gasteiger partial charge in [-0.2, -0.15) is 0 Å². The summed E-state index contributed by atoms with van der Waals surface area (Å²) >= 11 is 0. The van der Waals surface area contributed by atoms with E-state index in [1.807, 2.05) is 12.4 Å². The standard InChI is InChI=1S/C24H32N4O/c1-26(2)16-23-20-11-19(22-7-4-8-24(29)28(22)23)14-27(15-20)13-18-6-3-5-17-12-25-10-9-21(17)18/h3,5-6,9-10,12,19-20,22-23H,4,7-8,11,13-16H2,1-2H3/t19-,20+,22+,23+/m1/s1. The summed E-state index contributed by atoms with van der Waals surface area (Å²) in [6, 6.07) is 9.51. The van der Waals surface area contributed by atoms with E-state index in [-0.39, 0.29) is 0 Å². The Bertz CT molecular complexity index is 892. The molecule has 0 saturated carbocycles. The van der Waals surface area contributed by atoms with Crippen molar-refractivity contribution in [2.45, 2.75) is 44.3 Å². The smallest absolute Gasteiger partial charge is 0.223 e. The second-order valence-corrected chi connectivity index (χ2v) is 9.55. The van der Waals surface area contributed by atoms with Crippen LogP contribution in [0.3, 0.4) is 0 Å². The zero-order valence-electron chi connectivity index (χ0n) is 17.6. The molecule has 4 atom stereocenters. The fourth-order valence-electron chi connectivity index (χ4n) is 6.18. The highest BCUT2D eigenvalue weighted by molar-refractivity contribution is 5.84. The van der Waals surface area contributed by atoms with Crippen LogP contribution >= 0.6 is 0 Å². The summed E-state index contributed by atoms with van der Waals surface area (Å²) in [5.74, 6) is 1.59. The maximum Gasteiger partial charge on any atom is 0.223 e. The van der Waals surface area contributed by atoms with Crippen molar-refractivity contribution in [3.05, 3.63) is 42.2 Å². The van der Waals surface area contributed by atoms with Crippen LogP contribution in [0, 0.1) is 11.8 Å². The summed E-state index contributed by atoms with van der Waals surface area (Å²) in [4.78, 5) is 24.4. The van der Waals surface area contributed by atoms with E-state index in [2.05, 4.69) is 58.0 Å². The third kappa shape index (κ3) is 3.55. The van der Waals surface area contributed by atoms with Crippen LogP contribution in [0.4, 0.5) is 0 Å². The van der Waals surface area contributed by atoms with Gasteiger partial charge in [-0.05, 0) is 62.2 Å². The Kier molecular flexibility index (Phi) is 5.04. The van der Waals surface area contributed by atoms with Gasteiger partial charge in [0.1, 0.15) is 0 Å². The van der Waals surface area contributed by atoms with Crippen LogP contribution in [0.15, 0.2) is 36.7 Å². The minimum atomic E-state index is 0.360. The summed E-state index contributed by atoms with van der Waals surface area (Å²) in [6.45, 7) is 4.17. The molecule has 5 nitrogen and oxygen atoms in total. The van der Waals surface area contributed by atoms with Crippen molar-refractivity contribution in [1.29, 1.82) is 0 Å². The van der Waals surface area contributed by atoms with E-state index in [1.165, 1.54) is 29.2 Å². The third-order valence-corrected chi connectivity index (χ3v) is 7.29. The average molecular weight is 393 g/mol. The molecule has 0 N–H and O–H groups in total. The Morgan fingerprint density at radius 3 is 2.90 bits per heavy atom. The van der Waals surface area contributed by atoms with Gasteiger partial charge in [-0.1, -0.05) is 18.2 Å². The Balaban J connectivity index is 1.41. The molecule has 3 saturated heterocycles. The number of pyridine rings is 1. The molecule has 1 amide bonds. The first-order chi connectivity index (χ1) is 14.1. The second kappa shape index (κ2) is 7.69. The van der Waals surface area contributed by atoms with Gasteiger partial charge in [0.25, 0.3) is 0 Å². The van der Waals surface area contributed by atoms with Gasteiger partial charge in [-0.15, -0.1) is 0 Å². The molecule has 0 aliphatic carbocycles. The second-order valence-electron chi connectivity index (χ2n) is 9.55. The topological polar surface area (TPSA) is 39.7 Å². The lowest BCUT2D eigenvalue weighted by Crippen LogP contribution is -2.66. The molecular formula is C24H32N4O. The Labute approximate surface area is 173 Å². The normalized spacial score (nSPS) is 30.0. The number of aromatic nitrogens is 1. The van der Waals surface area contributed by atoms with Crippen LogP contribution in [-0.4, -0.2) is 71.4 Å². The minimum absolute atomic E-state index is 0.360. The van der Waals surface area contributed by atoms with Crippen molar-refractivity contribution in [2.75, 3.05) is 33.7 Å². The van der Waals surface area contributed by atoms with Crippen molar-refractivity contribution < 1.29 is 4.79 Å². The number of likely N-dealkylation sites (N-methyl/N-ethyl adjacent to an activating group) is 1. The predicted octanol–water partition coefficient (Wildman–Crippen LogP) is 3.00. The molecule has 0 spiro atoms. The molecule has 5 heteroatoms. The Morgan fingerprint density at radius 1 is 1.17 bits per heavy atom. The monoisotopic (exact) mass is 392 g/mol. The quantitative estimate of drug-likeness (QED) is 0.802. The summed E-state index contributed by atoms with van der Waals surface area (Å²) in [6.07, 6.45) is 8.13. The first-order valence-electron chi connectivity index (χ1n) is 11.1. The predicted molar refractivity (Wildman–Crippen MR) is 115 cm³/mol. The van der Waals surface area contributed by atoms with Crippen LogP contribution in [0.1, 0.15) is 31.2 Å². The number of hydrogen-bond acceptors (Lipinski definition) is 4. The number of likely N-dealkylation sites (tertiary alicyclic amines) is 1. The van der Waals surface area contributed by atoms with Gasteiger partial charge >= 0.3 is 0 Å². The molecule has 3 aliphatic heterocycles. The maximum atomic E-state index is 12.9. The zero-order chi connectivity index (χ0) is 20.0. The lowest BCUT2D eigenvalue weighted by atomic mass is 9.72. The molecule has 2 bridgehead atoms. The number of carbonyl (C=O) groups is 1. The van der Waals surface area contributed by atoms with E-state index in [0.717, 1.165) is 39.0 Å². The van der Waals surface area contributed by atoms with E-state index in [4.69, 9.17) is 0 Å². The minimum Gasteiger partial charge on any atom is -0.335 e. The highest BCUT2D eigenvalue weighted by Crippen LogP contribution is 2.42. The lowest BCUT2D eigenvalue weighted by Gasteiger charge is -2.57. The number of fused-ring (bicyclic) bond motifs is 5. The van der Waals surface area contributed by atoms with E-state index in [1.54, 1.807) is 0 Å². The SMILES string of the molecule is CN(C)C[C@H]1[C@H]2C[C@H](CN(Cc3cccc4cnccc34)C2)[C@@H]2CCCC(=O)N21. The van der Waals surface area contributed by atoms with Crippen LogP contribution < -0.4 is 0 Å². The highest BCUT2D eigenvalue weighted by atomic mass is 16.2. The summed E-state index contributed by atoms with van der Waals surface area (Å²) in [5.41, 5.74) is 1.39. The number of hydrogen-bond donors (Lipinski definition) is 0. The molecule has 2 aromatic rings. The van der Waals surface area contributed by atoms with Gasteiger partial charge in [0.2, 0.25) is 5.91 Å². The number of rotatable bonds is 4. The first-order valence-corrected chi connectivity index (χ1v) is 11.1. The van der Waals surface area contributed by atoms with Gasteiger partial charge in [0, 0.05) is 62.5 Å².